The number of carbonyl (C=O) groups is 1. The predicted molar refractivity (Wildman–Crippen MR) is 104 cm³/mol. The first-order chi connectivity index (χ1) is 11.9. The zero-order valence-corrected chi connectivity index (χ0v) is 16.2. The Morgan fingerprint density at radius 3 is 2.46 bits per heavy atom. The van der Waals surface area contributed by atoms with Gasteiger partial charge in [0.05, 0.1) is 4.90 Å². The van der Waals surface area contributed by atoms with Crippen molar-refractivity contribution in [3.8, 4) is 0 Å². The van der Waals surface area contributed by atoms with Gasteiger partial charge in [0.1, 0.15) is 0 Å². The second kappa shape index (κ2) is 8.31. The molecule has 140 valence electrons. The van der Waals surface area contributed by atoms with Crippen LogP contribution in [0.4, 0.5) is 0 Å². The van der Waals surface area contributed by atoms with Crippen LogP contribution in [0.2, 0.25) is 0 Å². The summed E-state index contributed by atoms with van der Waals surface area (Å²) in [5.74, 6) is -0.103. The molecular formula is C19H23ClN2O3S. The number of nitrogens with zero attached hydrogens (tertiary/aromatic N) is 1. The van der Waals surface area contributed by atoms with Crippen LogP contribution in [-0.4, -0.2) is 37.6 Å². The van der Waals surface area contributed by atoms with Crippen molar-refractivity contribution < 1.29 is 13.2 Å². The Morgan fingerprint density at radius 2 is 1.81 bits per heavy atom. The van der Waals surface area contributed by atoms with Crippen LogP contribution < -0.4 is 5.73 Å². The van der Waals surface area contributed by atoms with E-state index in [1.807, 2.05) is 30.3 Å². The summed E-state index contributed by atoms with van der Waals surface area (Å²) in [6.45, 7) is 2.38. The molecule has 2 N–H and O–H groups in total. The van der Waals surface area contributed by atoms with Crippen molar-refractivity contribution in [1.29, 1.82) is 0 Å². The van der Waals surface area contributed by atoms with Gasteiger partial charge in [-0.05, 0) is 17.7 Å². The Morgan fingerprint density at radius 1 is 1.12 bits per heavy atom. The minimum atomic E-state index is -3.68. The highest BCUT2D eigenvalue weighted by molar-refractivity contribution is 7.89. The molecule has 1 aliphatic rings. The van der Waals surface area contributed by atoms with Gasteiger partial charge in [0.15, 0.2) is 5.78 Å². The van der Waals surface area contributed by atoms with Gasteiger partial charge < -0.3 is 5.73 Å². The normalized spacial score (nSPS) is 20.5. The van der Waals surface area contributed by atoms with Gasteiger partial charge in [0, 0.05) is 37.0 Å². The average Bonchev–Trinajstić information content (AvgIpc) is 3.04. The van der Waals surface area contributed by atoms with Crippen LogP contribution >= 0.6 is 12.4 Å². The summed E-state index contributed by atoms with van der Waals surface area (Å²) in [7, 11) is -3.68. The third-order valence-corrected chi connectivity index (χ3v) is 6.50. The minimum absolute atomic E-state index is 0. The number of hydrogen-bond acceptors (Lipinski definition) is 4. The number of carbonyl (C=O) groups excluding carboxylic acids is 1. The third-order valence-electron chi connectivity index (χ3n) is 4.67. The Hall–Kier alpha value is -1.73. The van der Waals surface area contributed by atoms with Gasteiger partial charge in [-0.25, -0.2) is 8.42 Å². The fourth-order valence-electron chi connectivity index (χ4n) is 3.22. The van der Waals surface area contributed by atoms with E-state index in [9.17, 15) is 13.2 Å². The van der Waals surface area contributed by atoms with Crippen molar-refractivity contribution in [3.63, 3.8) is 0 Å². The number of benzene rings is 2. The van der Waals surface area contributed by atoms with Crippen LogP contribution in [0, 0.1) is 0 Å². The zero-order valence-electron chi connectivity index (χ0n) is 14.5. The molecule has 26 heavy (non-hydrogen) atoms. The highest BCUT2D eigenvalue weighted by Crippen LogP contribution is 2.30. The lowest BCUT2D eigenvalue weighted by molar-refractivity contribution is 0.0988. The Balaban J connectivity index is 0.00000243. The summed E-state index contributed by atoms with van der Waals surface area (Å²) < 4.78 is 27.4. The van der Waals surface area contributed by atoms with Gasteiger partial charge in [0.25, 0.3) is 0 Å². The summed E-state index contributed by atoms with van der Waals surface area (Å²) in [6, 6.07) is 15.7. The van der Waals surface area contributed by atoms with Crippen LogP contribution in [-0.2, 0) is 10.0 Å². The zero-order chi connectivity index (χ0) is 18.0. The standard InChI is InChI=1S/C19H22N2O3S.ClH/c1-2-19(22)15-9-6-10-16(11-15)25(23,24)21-12-17(18(20)13-21)14-7-4-3-5-8-14;/h3-11,17-18H,2,12-13,20H2,1H3;1H/t17-,18+;/m0./s1. The molecule has 3 rings (SSSR count). The van der Waals surface area contributed by atoms with Crippen molar-refractivity contribution in [2.24, 2.45) is 5.73 Å². The minimum Gasteiger partial charge on any atom is -0.326 e. The van der Waals surface area contributed by atoms with Crippen LogP contribution in [0.25, 0.3) is 0 Å². The van der Waals surface area contributed by atoms with Gasteiger partial charge in [0.2, 0.25) is 10.0 Å². The number of Topliss-reactive ketones (excluding diaryl/α,β-unsaturated/α-hetero) is 1. The first kappa shape index (κ1) is 20.6. The maximum Gasteiger partial charge on any atom is 0.243 e. The predicted octanol–water partition coefficient (Wildman–Crippen LogP) is 2.82. The Labute approximate surface area is 160 Å². The molecule has 2 atom stereocenters. The molecule has 1 fully saturated rings. The van der Waals surface area contributed by atoms with E-state index in [1.54, 1.807) is 19.1 Å². The largest absolute Gasteiger partial charge is 0.326 e. The van der Waals surface area contributed by atoms with E-state index in [-0.39, 0.29) is 41.6 Å². The third kappa shape index (κ3) is 3.99. The molecule has 1 saturated heterocycles. The maximum atomic E-state index is 13.0. The molecule has 5 nitrogen and oxygen atoms in total. The second-order valence-corrected chi connectivity index (χ2v) is 8.25. The molecule has 2 aromatic rings. The number of nitrogens with two attached hydrogens (primary N) is 1. The van der Waals surface area contributed by atoms with Crippen LogP contribution in [0.1, 0.15) is 35.2 Å². The van der Waals surface area contributed by atoms with Crippen molar-refractivity contribution in [1.82, 2.24) is 4.31 Å². The lowest BCUT2D eigenvalue weighted by atomic mass is 9.95. The second-order valence-electron chi connectivity index (χ2n) is 6.31. The van der Waals surface area contributed by atoms with E-state index in [0.29, 0.717) is 18.5 Å². The maximum absolute atomic E-state index is 13.0. The molecule has 1 aliphatic heterocycles. The summed E-state index contributed by atoms with van der Waals surface area (Å²) in [4.78, 5) is 12.0. The first-order valence-corrected chi connectivity index (χ1v) is 9.81. The topological polar surface area (TPSA) is 80.5 Å². The highest BCUT2D eigenvalue weighted by Gasteiger charge is 2.38. The van der Waals surface area contributed by atoms with E-state index < -0.39 is 10.0 Å². The number of hydrogen-bond donors (Lipinski definition) is 1. The lowest BCUT2D eigenvalue weighted by Gasteiger charge is -2.17. The average molecular weight is 395 g/mol. The highest BCUT2D eigenvalue weighted by atomic mass is 35.5. The van der Waals surface area contributed by atoms with Crippen LogP contribution in [0.15, 0.2) is 59.5 Å². The SMILES string of the molecule is CCC(=O)c1cccc(S(=O)(=O)N2C[C@@H](N)[C@H](c3ccccc3)C2)c1.Cl. The van der Waals surface area contributed by atoms with Crippen LogP contribution in [0.3, 0.4) is 0 Å². The first-order valence-electron chi connectivity index (χ1n) is 8.37. The number of rotatable bonds is 5. The van der Waals surface area contributed by atoms with Crippen LogP contribution in [0.5, 0.6) is 0 Å². The quantitative estimate of drug-likeness (QED) is 0.790. The Bertz CT molecular complexity index is 871. The number of ketones is 1. The summed E-state index contributed by atoms with van der Waals surface area (Å²) in [5, 5.41) is 0. The summed E-state index contributed by atoms with van der Waals surface area (Å²) >= 11 is 0. The fraction of sp³-hybridized carbons (Fsp3) is 0.316. The van der Waals surface area contributed by atoms with Gasteiger partial charge >= 0.3 is 0 Å². The number of halogens is 1. The fourth-order valence-corrected chi connectivity index (χ4v) is 4.77. The van der Waals surface area contributed by atoms with Crippen molar-refractivity contribution in [2.75, 3.05) is 13.1 Å². The van der Waals surface area contributed by atoms with E-state index in [1.165, 1.54) is 16.4 Å². The summed E-state index contributed by atoms with van der Waals surface area (Å²) in [5.41, 5.74) is 7.68. The van der Waals surface area contributed by atoms with Crippen molar-refractivity contribution in [2.45, 2.75) is 30.2 Å². The molecule has 0 unspecified atom stereocenters. The van der Waals surface area contributed by atoms with E-state index in [4.69, 9.17) is 5.73 Å². The number of sulfonamides is 1. The molecule has 0 radical (unpaired) electrons. The van der Waals surface area contributed by atoms with E-state index >= 15 is 0 Å². The molecule has 0 spiro atoms. The van der Waals surface area contributed by atoms with E-state index in [0.717, 1.165) is 5.56 Å². The van der Waals surface area contributed by atoms with E-state index in [2.05, 4.69) is 0 Å². The van der Waals surface area contributed by atoms with Crippen molar-refractivity contribution >= 4 is 28.2 Å². The van der Waals surface area contributed by atoms with Gasteiger partial charge in [-0.2, -0.15) is 4.31 Å². The van der Waals surface area contributed by atoms with Gasteiger partial charge in [-0.1, -0.05) is 49.4 Å². The molecule has 2 aromatic carbocycles. The molecule has 0 saturated carbocycles. The summed E-state index contributed by atoms with van der Waals surface area (Å²) in [6.07, 6.45) is 0.341. The molecule has 1 heterocycles. The molecule has 7 heteroatoms. The lowest BCUT2D eigenvalue weighted by Crippen LogP contribution is -2.32. The molecule has 0 aromatic heterocycles. The smallest absolute Gasteiger partial charge is 0.243 e. The molecule has 0 bridgehead atoms. The molecular weight excluding hydrogens is 372 g/mol. The van der Waals surface area contributed by atoms with Gasteiger partial charge in [-0.3, -0.25) is 4.79 Å². The molecule has 0 aliphatic carbocycles. The Kier molecular flexibility index (Phi) is 6.58. The monoisotopic (exact) mass is 394 g/mol. The van der Waals surface area contributed by atoms with Gasteiger partial charge in [-0.15, -0.1) is 12.4 Å². The molecule has 0 amide bonds. The van der Waals surface area contributed by atoms with Crippen molar-refractivity contribution in [3.05, 3.63) is 65.7 Å².